The van der Waals surface area contributed by atoms with Crippen molar-refractivity contribution in [1.29, 1.82) is 0 Å². The van der Waals surface area contributed by atoms with E-state index in [0.29, 0.717) is 13.1 Å². The van der Waals surface area contributed by atoms with Crippen LogP contribution < -0.4 is 5.32 Å². The van der Waals surface area contributed by atoms with Gasteiger partial charge in [-0.3, -0.25) is 4.79 Å². The summed E-state index contributed by atoms with van der Waals surface area (Å²) in [4.78, 5) is 16.0. The number of carbonyl (C=O) groups is 1. The van der Waals surface area contributed by atoms with E-state index in [1.807, 2.05) is 24.3 Å². The number of carbonyl (C=O) groups excluding carboxylic acids is 1. The van der Waals surface area contributed by atoms with Gasteiger partial charge in [0.05, 0.1) is 13.0 Å². The molecule has 0 bridgehead atoms. The SMILES string of the molecule is O=C(Cc1cc(F)ccc1F)NCc1ccccc1Cn1cncn1. The lowest BCUT2D eigenvalue weighted by Gasteiger charge is -2.11. The molecule has 0 saturated heterocycles. The smallest absolute Gasteiger partial charge is 0.224 e. The van der Waals surface area contributed by atoms with E-state index in [1.54, 1.807) is 11.0 Å². The Kier molecular flexibility index (Phi) is 5.13. The number of nitrogens with one attached hydrogen (secondary N) is 1. The quantitative estimate of drug-likeness (QED) is 0.749. The third kappa shape index (κ3) is 4.47. The van der Waals surface area contributed by atoms with Gasteiger partial charge in [-0.25, -0.2) is 18.4 Å². The van der Waals surface area contributed by atoms with Gasteiger partial charge in [0.25, 0.3) is 0 Å². The van der Waals surface area contributed by atoms with Gasteiger partial charge in [0.15, 0.2) is 0 Å². The molecule has 1 amide bonds. The average Bonchev–Trinajstić information content (AvgIpc) is 3.10. The summed E-state index contributed by atoms with van der Waals surface area (Å²) in [6.45, 7) is 0.825. The van der Waals surface area contributed by atoms with E-state index in [0.717, 1.165) is 29.3 Å². The Morgan fingerprint density at radius 3 is 2.64 bits per heavy atom. The first kappa shape index (κ1) is 16.8. The van der Waals surface area contributed by atoms with Gasteiger partial charge in [-0.15, -0.1) is 0 Å². The normalized spacial score (nSPS) is 10.6. The highest BCUT2D eigenvalue weighted by atomic mass is 19.1. The first-order valence-corrected chi connectivity index (χ1v) is 7.71. The van der Waals surface area contributed by atoms with Crippen LogP contribution >= 0.6 is 0 Å². The maximum atomic E-state index is 13.6. The lowest BCUT2D eigenvalue weighted by Crippen LogP contribution is -2.25. The van der Waals surface area contributed by atoms with E-state index < -0.39 is 11.6 Å². The van der Waals surface area contributed by atoms with E-state index in [9.17, 15) is 13.6 Å². The molecule has 0 aliphatic carbocycles. The van der Waals surface area contributed by atoms with Crippen molar-refractivity contribution in [3.8, 4) is 0 Å². The van der Waals surface area contributed by atoms with Gasteiger partial charge in [-0.2, -0.15) is 5.10 Å². The molecule has 3 aromatic rings. The first-order valence-electron chi connectivity index (χ1n) is 7.71. The second-order valence-corrected chi connectivity index (χ2v) is 5.55. The van der Waals surface area contributed by atoms with Crippen LogP contribution in [0.2, 0.25) is 0 Å². The zero-order valence-electron chi connectivity index (χ0n) is 13.3. The van der Waals surface area contributed by atoms with Gasteiger partial charge >= 0.3 is 0 Å². The Morgan fingerprint density at radius 2 is 1.88 bits per heavy atom. The molecular weight excluding hydrogens is 326 g/mol. The molecule has 25 heavy (non-hydrogen) atoms. The van der Waals surface area contributed by atoms with Crippen LogP contribution in [0.1, 0.15) is 16.7 Å². The van der Waals surface area contributed by atoms with Crippen LogP contribution in [0, 0.1) is 11.6 Å². The van der Waals surface area contributed by atoms with Crippen molar-refractivity contribution < 1.29 is 13.6 Å². The average molecular weight is 342 g/mol. The highest BCUT2D eigenvalue weighted by Gasteiger charge is 2.10. The molecule has 0 unspecified atom stereocenters. The predicted octanol–water partition coefficient (Wildman–Crippen LogP) is 2.46. The van der Waals surface area contributed by atoms with Gasteiger partial charge in [0.2, 0.25) is 5.91 Å². The molecule has 0 radical (unpaired) electrons. The standard InChI is InChI=1S/C18H16F2N4O/c19-16-5-6-17(20)15(7-16)8-18(25)22-9-13-3-1-2-4-14(13)10-24-12-21-11-23-24/h1-7,11-12H,8-10H2,(H,22,25). The maximum absolute atomic E-state index is 13.6. The summed E-state index contributed by atoms with van der Waals surface area (Å²) in [5.74, 6) is -1.54. The highest BCUT2D eigenvalue weighted by molar-refractivity contribution is 5.78. The topological polar surface area (TPSA) is 59.8 Å². The van der Waals surface area contributed by atoms with Crippen molar-refractivity contribution >= 4 is 5.91 Å². The largest absolute Gasteiger partial charge is 0.352 e. The molecule has 0 aliphatic heterocycles. The molecule has 7 heteroatoms. The molecule has 5 nitrogen and oxygen atoms in total. The van der Waals surface area contributed by atoms with E-state index in [2.05, 4.69) is 15.4 Å². The number of hydrogen-bond acceptors (Lipinski definition) is 3. The van der Waals surface area contributed by atoms with Crippen molar-refractivity contribution in [3.63, 3.8) is 0 Å². The zero-order valence-corrected chi connectivity index (χ0v) is 13.3. The van der Waals surface area contributed by atoms with Gasteiger partial charge in [-0.05, 0) is 29.3 Å². The first-order chi connectivity index (χ1) is 12.1. The van der Waals surface area contributed by atoms with Crippen molar-refractivity contribution in [2.75, 3.05) is 0 Å². The van der Waals surface area contributed by atoms with E-state index in [-0.39, 0.29) is 17.9 Å². The monoisotopic (exact) mass is 342 g/mol. The number of amides is 1. The van der Waals surface area contributed by atoms with Crippen LogP contribution in [0.4, 0.5) is 8.78 Å². The fraction of sp³-hybridized carbons (Fsp3) is 0.167. The van der Waals surface area contributed by atoms with Gasteiger partial charge in [-0.1, -0.05) is 24.3 Å². The number of nitrogens with zero attached hydrogens (tertiary/aromatic N) is 3. The van der Waals surface area contributed by atoms with Gasteiger partial charge in [0.1, 0.15) is 24.3 Å². The lowest BCUT2D eigenvalue weighted by molar-refractivity contribution is -0.120. The second-order valence-electron chi connectivity index (χ2n) is 5.55. The molecule has 0 atom stereocenters. The Hall–Kier alpha value is -3.09. The summed E-state index contributed by atoms with van der Waals surface area (Å²) in [5.41, 5.74) is 1.95. The Labute approximate surface area is 143 Å². The molecule has 0 fully saturated rings. The van der Waals surface area contributed by atoms with Gasteiger partial charge in [0, 0.05) is 12.1 Å². The number of aromatic nitrogens is 3. The predicted molar refractivity (Wildman–Crippen MR) is 87.5 cm³/mol. The number of rotatable bonds is 6. The Balaban J connectivity index is 1.63. The van der Waals surface area contributed by atoms with Crippen molar-refractivity contribution in [2.24, 2.45) is 0 Å². The summed E-state index contributed by atoms with van der Waals surface area (Å²) in [5, 5.41) is 6.80. The molecular formula is C18H16F2N4O. The molecule has 0 aliphatic rings. The third-order valence-corrected chi connectivity index (χ3v) is 3.75. The van der Waals surface area contributed by atoms with E-state index in [4.69, 9.17) is 0 Å². The second kappa shape index (κ2) is 7.65. The molecule has 0 spiro atoms. The van der Waals surface area contributed by atoms with Crippen LogP contribution in [0.5, 0.6) is 0 Å². The summed E-state index contributed by atoms with van der Waals surface area (Å²) < 4.78 is 28.5. The molecule has 1 heterocycles. The molecule has 128 valence electrons. The fourth-order valence-corrected chi connectivity index (χ4v) is 2.48. The van der Waals surface area contributed by atoms with Gasteiger partial charge < -0.3 is 5.32 Å². The van der Waals surface area contributed by atoms with Crippen LogP contribution in [0.3, 0.4) is 0 Å². The highest BCUT2D eigenvalue weighted by Crippen LogP contribution is 2.12. The van der Waals surface area contributed by atoms with E-state index in [1.165, 1.54) is 6.33 Å². The zero-order chi connectivity index (χ0) is 17.6. The number of halogens is 2. The molecule has 1 N–H and O–H groups in total. The van der Waals surface area contributed by atoms with E-state index >= 15 is 0 Å². The van der Waals surface area contributed by atoms with Crippen molar-refractivity contribution in [2.45, 2.75) is 19.5 Å². The fourth-order valence-electron chi connectivity index (χ4n) is 2.48. The van der Waals surface area contributed by atoms with Crippen LogP contribution in [0.15, 0.2) is 55.1 Å². The minimum atomic E-state index is -0.594. The summed E-state index contributed by atoms with van der Waals surface area (Å²) in [7, 11) is 0. The number of hydrogen-bond donors (Lipinski definition) is 1. The van der Waals surface area contributed by atoms with Crippen molar-refractivity contribution in [1.82, 2.24) is 20.1 Å². The molecule has 3 rings (SSSR count). The number of benzene rings is 2. The minimum Gasteiger partial charge on any atom is -0.352 e. The Bertz CT molecular complexity index is 865. The lowest BCUT2D eigenvalue weighted by atomic mass is 10.1. The molecule has 0 saturated carbocycles. The Morgan fingerprint density at radius 1 is 1.08 bits per heavy atom. The van der Waals surface area contributed by atoms with Crippen LogP contribution in [-0.4, -0.2) is 20.7 Å². The summed E-state index contributed by atoms with van der Waals surface area (Å²) in [6.07, 6.45) is 2.86. The summed E-state index contributed by atoms with van der Waals surface area (Å²) in [6, 6.07) is 10.7. The summed E-state index contributed by atoms with van der Waals surface area (Å²) >= 11 is 0. The molecule has 2 aromatic carbocycles. The maximum Gasteiger partial charge on any atom is 0.224 e. The van der Waals surface area contributed by atoms with Crippen LogP contribution in [-0.2, 0) is 24.3 Å². The van der Waals surface area contributed by atoms with Crippen LogP contribution in [0.25, 0.3) is 0 Å². The third-order valence-electron chi connectivity index (χ3n) is 3.75. The minimum absolute atomic E-state index is 0.0356. The molecule has 1 aromatic heterocycles. The van der Waals surface area contributed by atoms with Crippen molar-refractivity contribution in [3.05, 3.63) is 83.4 Å².